The molecular weight excluding hydrogens is 336 g/mol. The zero-order valence-corrected chi connectivity index (χ0v) is 13.7. The Morgan fingerprint density at radius 3 is 2.57 bits per heavy atom. The first-order valence-corrected chi connectivity index (χ1v) is 7.78. The highest BCUT2D eigenvalue weighted by Crippen LogP contribution is 2.32. The van der Waals surface area contributed by atoms with Crippen LogP contribution in [0.4, 0.5) is 8.78 Å². The molecule has 0 bridgehead atoms. The molecule has 0 aliphatic carbocycles. The van der Waals surface area contributed by atoms with Crippen molar-refractivity contribution in [3.8, 4) is 11.1 Å². The summed E-state index contributed by atoms with van der Waals surface area (Å²) >= 11 is 3.11. The average Bonchev–Trinajstić information content (AvgIpc) is 2.46. The first-order chi connectivity index (χ1) is 10.0. The van der Waals surface area contributed by atoms with Crippen molar-refractivity contribution in [2.45, 2.75) is 26.8 Å². The topological polar surface area (TPSA) is 12.0 Å². The zero-order chi connectivity index (χ0) is 15.4. The Morgan fingerprint density at radius 2 is 1.90 bits per heavy atom. The van der Waals surface area contributed by atoms with Crippen LogP contribution < -0.4 is 5.32 Å². The van der Waals surface area contributed by atoms with Gasteiger partial charge in [-0.15, -0.1) is 0 Å². The van der Waals surface area contributed by atoms with Crippen molar-refractivity contribution in [1.29, 1.82) is 0 Å². The number of benzene rings is 2. The smallest absolute Gasteiger partial charge is 0.148 e. The molecule has 4 heteroatoms. The molecule has 0 fully saturated rings. The van der Waals surface area contributed by atoms with Gasteiger partial charge in [-0.25, -0.2) is 8.78 Å². The van der Waals surface area contributed by atoms with Gasteiger partial charge in [-0.2, -0.15) is 0 Å². The van der Waals surface area contributed by atoms with E-state index in [0.717, 1.165) is 30.6 Å². The lowest BCUT2D eigenvalue weighted by atomic mass is 9.97. The number of rotatable bonds is 5. The fraction of sp³-hybridized carbons (Fsp3) is 0.294. The molecule has 21 heavy (non-hydrogen) atoms. The molecular formula is C17H18BrF2N. The van der Waals surface area contributed by atoms with Gasteiger partial charge in [0.15, 0.2) is 0 Å². The lowest BCUT2D eigenvalue weighted by Gasteiger charge is -2.12. The minimum atomic E-state index is -0.560. The van der Waals surface area contributed by atoms with Crippen LogP contribution >= 0.6 is 15.9 Å². The molecule has 0 saturated heterocycles. The summed E-state index contributed by atoms with van der Waals surface area (Å²) in [6.45, 7) is 5.70. The molecule has 0 aliphatic heterocycles. The summed E-state index contributed by atoms with van der Waals surface area (Å²) < 4.78 is 28.4. The summed E-state index contributed by atoms with van der Waals surface area (Å²) in [4.78, 5) is 0. The van der Waals surface area contributed by atoms with E-state index in [1.54, 1.807) is 6.07 Å². The Morgan fingerprint density at radius 1 is 1.14 bits per heavy atom. The Hall–Kier alpha value is -1.26. The molecule has 0 aromatic heterocycles. The number of halogens is 3. The van der Waals surface area contributed by atoms with Crippen LogP contribution in [-0.2, 0) is 6.54 Å². The normalized spacial score (nSPS) is 10.9. The zero-order valence-electron chi connectivity index (χ0n) is 12.1. The second kappa shape index (κ2) is 7.14. The Kier molecular flexibility index (Phi) is 5.48. The SMILES string of the molecule is CCCNCc1ccc(-c2c(F)ccc(Br)c2F)c(C)c1. The van der Waals surface area contributed by atoms with E-state index in [0.29, 0.717) is 5.56 Å². The standard InChI is InChI=1S/C17H18BrF2N/c1-3-8-21-10-12-4-5-13(11(2)9-12)16-15(19)7-6-14(18)17(16)20/h4-7,9,21H,3,8,10H2,1-2H3. The van der Waals surface area contributed by atoms with Crippen molar-refractivity contribution in [2.24, 2.45) is 0 Å². The van der Waals surface area contributed by atoms with Crippen LogP contribution in [0.5, 0.6) is 0 Å². The van der Waals surface area contributed by atoms with Crippen molar-refractivity contribution < 1.29 is 8.78 Å². The Labute approximate surface area is 132 Å². The third kappa shape index (κ3) is 3.69. The average molecular weight is 354 g/mol. The molecule has 1 N–H and O–H groups in total. The third-order valence-corrected chi connectivity index (χ3v) is 3.97. The van der Waals surface area contributed by atoms with E-state index in [1.165, 1.54) is 12.1 Å². The molecule has 2 rings (SSSR count). The summed E-state index contributed by atoms with van der Waals surface area (Å²) in [5.41, 5.74) is 2.59. The van der Waals surface area contributed by atoms with Gasteiger partial charge >= 0.3 is 0 Å². The van der Waals surface area contributed by atoms with E-state index in [2.05, 4.69) is 28.2 Å². The van der Waals surface area contributed by atoms with Gasteiger partial charge in [-0.05, 0) is 64.6 Å². The van der Waals surface area contributed by atoms with E-state index in [4.69, 9.17) is 0 Å². The van der Waals surface area contributed by atoms with E-state index < -0.39 is 11.6 Å². The fourth-order valence-corrected chi connectivity index (χ4v) is 2.63. The van der Waals surface area contributed by atoms with Crippen LogP contribution in [-0.4, -0.2) is 6.54 Å². The molecule has 0 aliphatic rings. The van der Waals surface area contributed by atoms with Crippen LogP contribution in [0.2, 0.25) is 0 Å². The van der Waals surface area contributed by atoms with E-state index >= 15 is 0 Å². The largest absolute Gasteiger partial charge is 0.313 e. The third-order valence-electron chi connectivity index (χ3n) is 3.36. The molecule has 0 radical (unpaired) electrons. The molecule has 0 spiro atoms. The molecule has 2 aromatic carbocycles. The van der Waals surface area contributed by atoms with Crippen LogP contribution in [0, 0.1) is 18.6 Å². The summed E-state index contributed by atoms with van der Waals surface area (Å²) in [5.74, 6) is -1.11. The predicted octanol–water partition coefficient (Wildman–Crippen LogP) is 5.20. The number of aryl methyl sites for hydroxylation is 1. The highest BCUT2D eigenvalue weighted by Gasteiger charge is 2.16. The highest BCUT2D eigenvalue weighted by molar-refractivity contribution is 9.10. The maximum absolute atomic E-state index is 14.2. The Bertz CT molecular complexity index is 641. The van der Waals surface area contributed by atoms with Crippen molar-refractivity contribution in [1.82, 2.24) is 5.32 Å². The molecule has 1 nitrogen and oxygen atoms in total. The van der Waals surface area contributed by atoms with Gasteiger partial charge in [0.2, 0.25) is 0 Å². The van der Waals surface area contributed by atoms with Crippen LogP contribution in [0.15, 0.2) is 34.8 Å². The minimum Gasteiger partial charge on any atom is -0.313 e. The second-order valence-corrected chi connectivity index (χ2v) is 5.90. The molecule has 2 aromatic rings. The molecule has 112 valence electrons. The van der Waals surface area contributed by atoms with Crippen molar-refractivity contribution in [2.75, 3.05) is 6.54 Å². The fourth-order valence-electron chi connectivity index (χ4n) is 2.30. The molecule has 0 heterocycles. The highest BCUT2D eigenvalue weighted by atomic mass is 79.9. The van der Waals surface area contributed by atoms with E-state index in [1.807, 2.05) is 19.1 Å². The predicted molar refractivity (Wildman–Crippen MR) is 86.2 cm³/mol. The lowest BCUT2D eigenvalue weighted by molar-refractivity contribution is 0.585. The second-order valence-electron chi connectivity index (χ2n) is 5.04. The number of hydrogen-bond donors (Lipinski definition) is 1. The monoisotopic (exact) mass is 353 g/mol. The number of nitrogens with one attached hydrogen (secondary N) is 1. The first-order valence-electron chi connectivity index (χ1n) is 6.98. The van der Waals surface area contributed by atoms with Gasteiger partial charge < -0.3 is 5.32 Å². The lowest BCUT2D eigenvalue weighted by Crippen LogP contribution is -2.13. The van der Waals surface area contributed by atoms with E-state index in [9.17, 15) is 8.78 Å². The molecule has 0 amide bonds. The first kappa shape index (κ1) is 16.1. The van der Waals surface area contributed by atoms with Gasteiger partial charge in [-0.1, -0.05) is 25.1 Å². The summed E-state index contributed by atoms with van der Waals surface area (Å²) in [6, 6.07) is 8.32. The van der Waals surface area contributed by atoms with Gasteiger partial charge in [-0.3, -0.25) is 0 Å². The molecule has 0 atom stereocenters. The maximum Gasteiger partial charge on any atom is 0.148 e. The Balaban J connectivity index is 2.36. The van der Waals surface area contributed by atoms with Crippen LogP contribution in [0.1, 0.15) is 24.5 Å². The van der Waals surface area contributed by atoms with Gasteiger partial charge in [0.05, 0.1) is 10.0 Å². The number of hydrogen-bond acceptors (Lipinski definition) is 1. The summed E-state index contributed by atoms with van der Waals surface area (Å²) in [5, 5.41) is 3.31. The van der Waals surface area contributed by atoms with Crippen molar-refractivity contribution in [3.63, 3.8) is 0 Å². The maximum atomic E-state index is 14.2. The van der Waals surface area contributed by atoms with Crippen molar-refractivity contribution in [3.05, 3.63) is 57.6 Å². The minimum absolute atomic E-state index is 0.0231. The van der Waals surface area contributed by atoms with Crippen LogP contribution in [0.3, 0.4) is 0 Å². The van der Waals surface area contributed by atoms with Gasteiger partial charge in [0, 0.05) is 6.54 Å². The molecule has 0 unspecified atom stereocenters. The summed E-state index contributed by atoms with van der Waals surface area (Å²) in [7, 11) is 0. The quantitative estimate of drug-likeness (QED) is 0.575. The van der Waals surface area contributed by atoms with Crippen molar-refractivity contribution >= 4 is 15.9 Å². The molecule has 0 saturated carbocycles. The van der Waals surface area contributed by atoms with E-state index in [-0.39, 0.29) is 10.0 Å². The summed E-state index contributed by atoms with van der Waals surface area (Å²) in [6.07, 6.45) is 1.07. The van der Waals surface area contributed by atoms with Gasteiger partial charge in [0.25, 0.3) is 0 Å². The van der Waals surface area contributed by atoms with Crippen LogP contribution in [0.25, 0.3) is 11.1 Å². The van der Waals surface area contributed by atoms with Gasteiger partial charge in [0.1, 0.15) is 11.6 Å².